The van der Waals surface area contributed by atoms with Crippen molar-refractivity contribution in [2.75, 3.05) is 23.6 Å². The third kappa shape index (κ3) is 5.23. The Hall–Kier alpha value is -1.50. The molecule has 2 N–H and O–H groups in total. The summed E-state index contributed by atoms with van der Waals surface area (Å²) >= 11 is 0. The van der Waals surface area contributed by atoms with Gasteiger partial charge in [0.1, 0.15) is 11.0 Å². The summed E-state index contributed by atoms with van der Waals surface area (Å²) in [6, 6.07) is 10.0. The summed E-state index contributed by atoms with van der Waals surface area (Å²) in [5, 5.41) is 10.8. The molecule has 1 aromatic heterocycles. The van der Waals surface area contributed by atoms with E-state index in [1.165, 1.54) is 0 Å². The zero-order valence-corrected chi connectivity index (χ0v) is 15.6. The van der Waals surface area contributed by atoms with Gasteiger partial charge in [-0.25, -0.2) is 4.21 Å². The van der Waals surface area contributed by atoms with Crippen LogP contribution in [0.5, 0.6) is 0 Å². The van der Waals surface area contributed by atoms with E-state index in [4.69, 9.17) is 4.98 Å². The lowest BCUT2D eigenvalue weighted by Gasteiger charge is -2.29. The molecule has 136 valence electrons. The molecule has 3 rings (SSSR count). The summed E-state index contributed by atoms with van der Waals surface area (Å²) in [7, 11) is -1.03. The number of hydrogen-bond acceptors (Lipinski definition) is 4. The summed E-state index contributed by atoms with van der Waals surface area (Å²) in [5.74, 6) is 0.674. The Balaban J connectivity index is 1.67. The van der Waals surface area contributed by atoms with Gasteiger partial charge in [0.15, 0.2) is 0 Å². The maximum absolute atomic E-state index is 12.0. The van der Waals surface area contributed by atoms with Crippen LogP contribution in [-0.4, -0.2) is 44.1 Å². The molecule has 2 atom stereocenters. The molecule has 0 spiro atoms. The molecular formula is C19H27N3O2S. The van der Waals surface area contributed by atoms with Gasteiger partial charge in [-0.3, -0.25) is 9.88 Å². The van der Waals surface area contributed by atoms with Crippen LogP contribution in [0.1, 0.15) is 38.3 Å². The zero-order valence-electron chi connectivity index (χ0n) is 14.8. The molecule has 25 heavy (non-hydrogen) atoms. The molecule has 1 aliphatic rings. The number of piperidine rings is 1. The Kier molecular flexibility index (Phi) is 6.39. The Bertz CT molecular complexity index is 738. The van der Waals surface area contributed by atoms with Gasteiger partial charge in [0.25, 0.3) is 0 Å². The lowest BCUT2D eigenvalue weighted by Crippen LogP contribution is -2.37. The molecule has 5 nitrogen and oxygen atoms in total. The van der Waals surface area contributed by atoms with Gasteiger partial charge in [-0.1, -0.05) is 19.4 Å². The molecule has 0 bridgehead atoms. The van der Waals surface area contributed by atoms with Crippen molar-refractivity contribution < 1.29 is 9.32 Å². The first-order valence-electron chi connectivity index (χ1n) is 9.09. The molecule has 0 radical (unpaired) electrons. The summed E-state index contributed by atoms with van der Waals surface area (Å²) in [6.07, 6.45) is 3.74. The van der Waals surface area contributed by atoms with Crippen molar-refractivity contribution in [3.63, 3.8) is 0 Å². The van der Waals surface area contributed by atoms with E-state index in [9.17, 15) is 9.32 Å². The third-order valence-electron chi connectivity index (χ3n) is 4.53. The second-order valence-corrected chi connectivity index (χ2v) is 8.05. The predicted molar refractivity (Wildman–Crippen MR) is 104 cm³/mol. The number of fused-ring (bicyclic) bond motifs is 1. The predicted octanol–water partition coefficient (Wildman–Crippen LogP) is 3.07. The van der Waals surface area contributed by atoms with E-state index in [0.29, 0.717) is 5.75 Å². The summed E-state index contributed by atoms with van der Waals surface area (Å²) in [6.45, 7) is 4.62. The summed E-state index contributed by atoms with van der Waals surface area (Å²) in [5.41, 5.74) is 2.84. The number of nitrogens with zero attached hydrogens (tertiary/aromatic N) is 2. The standard InChI is InChI=1S/C19H27N3O2S/c1-2-3-11-25(24)21-16-8-9-19-15(12-16)6-7-17(20-19)13-22-10-4-5-18(23)14-22/h6-9,12,18,21,23H,2-5,10-11,13-14H2,1H3. The average Bonchev–Trinajstić information content (AvgIpc) is 2.60. The van der Waals surface area contributed by atoms with Crippen LogP contribution in [0.4, 0.5) is 5.69 Å². The number of aliphatic hydroxyl groups excluding tert-OH is 1. The van der Waals surface area contributed by atoms with Crippen LogP contribution >= 0.6 is 0 Å². The van der Waals surface area contributed by atoms with Crippen LogP contribution < -0.4 is 4.72 Å². The number of benzene rings is 1. The van der Waals surface area contributed by atoms with Crippen LogP contribution in [0.3, 0.4) is 0 Å². The highest BCUT2D eigenvalue weighted by atomic mass is 32.2. The second-order valence-electron chi connectivity index (χ2n) is 6.75. The van der Waals surface area contributed by atoms with Crippen molar-refractivity contribution in [3.8, 4) is 0 Å². The van der Waals surface area contributed by atoms with Gasteiger partial charge in [-0.05, 0) is 50.1 Å². The molecule has 2 unspecified atom stereocenters. The van der Waals surface area contributed by atoms with Crippen LogP contribution in [-0.2, 0) is 17.5 Å². The molecule has 2 aromatic rings. The number of unbranched alkanes of at least 4 members (excludes halogenated alkanes) is 1. The van der Waals surface area contributed by atoms with Crippen molar-refractivity contribution >= 4 is 27.6 Å². The van der Waals surface area contributed by atoms with Gasteiger partial charge < -0.3 is 9.83 Å². The smallest absolute Gasteiger partial charge is 0.117 e. The van der Waals surface area contributed by atoms with E-state index < -0.39 is 11.0 Å². The van der Waals surface area contributed by atoms with Crippen molar-refractivity contribution in [3.05, 3.63) is 36.0 Å². The molecule has 2 heterocycles. The third-order valence-corrected chi connectivity index (χ3v) is 5.65. The number of pyridine rings is 1. The number of nitrogens with one attached hydrogen (secondary N) is 1. The van der Waals surface area contributed by atoms with Crippen molar-refractivity contribution in [1.29, 1.82) is 0 Å². The lowest BCUT2D eigenvalue weighted by molar-refractivity contribution is 0.0662. The molecule has 1 aliphatic heterocycles. The number of β-amino-alcohol motifs (C(OH)–C–C–N with tert-alkyl or cyclic N) is 1. The number of aromatic nitrogens is 1. The summed E-state index contributed by atoms with van der Waals surface area (Å²) in [4.78, 5) is 7.00. The summed E-state index contributed by atoms with van der Waals surface area (Å²) < 4.78 is 15.0. The first-order chi connectivity index (χ1) is 12.1. The molecule has 6 heteroatoms. The van der Waals surface area contributed by atoms with E-state index in [1.807, 2.05) is 24.3 Å². The quantitative estimate of drug-likeness (QED) is 0.795. The van der Waals surface area contributed by atoms with Crippen LogP contribution in [0.2, 0.25) is 0 Å². The zero-order chi connectivity index (χ0) is 17.6. The highest BCUT2D eigenvalue weighted by Gasteiger charge is 2.18. The first kappa shape index (κ1) is 18.3. The van der Waals surface area contributed by atoms with Crippen molar-refractivity contribution in [1.82, 2.24) is 9.88 Å². The van der Waals surface area contributed by atoms with E-state index in [1.54, 1.807) is 0 Å². The minimum Gasteiger partial charge on any atom is -0.392 e. The molecule has 0 amide bonds. The molecule has 0 aliphatic carbocycles. The first-order valence-corrected chi connectivity index (χ1v) is 10.4. The Labute approximate surface area is 152 Å². The second kappa shape index (κ2) is 8.74. The molecule has 0 saturated carbocycles. The average molecular weight is 362 g/mol. The minimum absolute atomic E-state index is 0.212. The number of anilines is 1. The highest BCUT2D eigenvalue weighted by Crippen LogP contribution is 2.20. The minimum atomic E-state index is -1.03. The van der Waals surface area contributed by atoms with Crippen molar-refractivity contribution in [2.45, 2.75) is 45.3 Å². The largest absolute Gasteiger partial charge is 0.392 e. The molecule has 1 aromatic carbocycles. The van der Waals surface area contributed by atoms with Gasteiger partial charge in [0.2, 0.25) is 0 Å². The number of aliphatic hydroxyl groups is 1. The fraction of sp³-hybridized carbons (Fsp3) is 0.526. The Morgan fingerprint density at radius 2 is 2.24 bits per heavy atom. The number of likely N-dealkylation sites (tertiary alicyclic amines) is 1. The van der Waals surface area contributed by atoms with Crippen LogP contribution in [0.15, 0.2) is 30.3 Å². The van der Waals surface area contributed by atoms with Crippen LogP contribution in [0, 0.1) is 0 Å². The van der Waals surface area contributed by atoms with Crippen molar-refractivity contribution in [2.24, 2.45) is 0 Å². The van der Waals surface area contributed by atoms with Crippen LogP contribution in [0.25, 0.3) is 10.9 Å². The maximum Gasteiger partial charge on any atom is 0.117 e. The van der Waals surface area contributed by atoms with E-state index in [-0.39, 0.29) is 6.10 Å². The number of rotatable bonds is 7. The van der Waals surface area contributed by atoms with Gasteiger partial charge in [0, 0.05) is 29.9 Å². The monoisotopic (exact) mass is 361 g/mol. The Morgan fingerprint density at radius 1 is 1.36 bits per heavy atom. The fourth-order valence-corrected chi connectivity index (χ4v) is 4.22. The Morgan fingerprint density at radius 3 is 3.04 bits per heavy atom. The highest BCUT2D eigenvalue weighted by molar-refractivity contribution is 7.86. The van der Waals surface area contributed by atoms with E-state index in [2.05, 4.69) is 22.6 Å². The molecule has 1 saturated heterocycles. The van der Waals surface area contributed by atoms with Gasteiger partial charge in [0.05, 0.1) is 17.3 Å². The van der Waals surface area contributed by atoms with E-state index in [0.717, 1.165) is 67.6 Å². The van der Waals surface area contributed by atoms with E-state index >= 15 is 0 Å². The van der Waals surface area contributed by atoms with Gasteiger partial charge in [-0.15, -0.1) is 0 Å². The number of hydrogen-bond donors (Lipinski definition) is 2. The van der Waals surface area contributed by atoms with Gasteiger partial charge in [-0.2, -0.15) is 0 Å². The molecule has 1 fully saturated rings. The lowest BCUT2D eigenvalue weighted by atomic mass is 10.1. The van der Waals surface area contributed by atoms with Gasteiger partial charge >= 0.3 is 0 Å². The fourth-order valence-electron chi connectivity index (χ4n) is 3.18. The topological polar surface area (TPSA) is 65.5 Å². The maximum atomic E-state index is 12.0. The normalized spacial score (nSPS) is 19.8. The SMILES string of the molecule is CCCCS(=O)Nc1ccc2nc(CN3CCCC(O)C3)ccc2c1. The molecular weight excluding hydrogens is 334 g/mol.